The summed E-state index contributed by atoms with van der Waals surface area (Å²) in [6.07, 6.45) is -1.49. The number of hydrogen-bond acceptors (Lipinski definition) is 9. The molecule has 2 saturated heterocycles. The first-order valence-electron chi connectivity index (χ1n) is 14.4. The number of fused-ring (bicyclic) bond motifs is 1. The molecule has 2 aromatic carbocycles. The topological polar surface area (TPSA) is 121 Å². The molecule has 2 aliphatic heterocycles. The molecule has 0 amide bonds. The van der Waals surface area contributed by atoms with E-state index < -0.39 is 40.4 Å². The van der Waals surface area contributed by atoms with Gasteiger partial charge in [-0.2, -0.15) is 4.31 Å². The minimum atomic E-state index is -3.93. The number of ether oxygens (including phenoxy) is 5. The summed E-state index contributed by atoms with van der Waals surface area (Å²) < 4.78 is 56.7. The summed E-state index contributed by atoms with van der Waals surface area (Å²) in [5.41, 5.74) is 0.928. The number of methoxy groups -OCH3 is 2. The SMILES string of the molecule is COc1ccc(S(=O)(=O)N(CC(C)C)C[C@@H](O)[C@@H](CC(=O)O[C@H]2CCO[C@H]3OC[C@@H](OC)[C@H]32)Cc2ccccc2)cc1. The third-order valence-electron chi connectivity index (χ3n) is 7.84. The molecule has 4 rings (SSSR count). The molecule has 2 aliphatic rings. The van der Waals surface area contributed by atoms with Gasteiger partial charge in [-0.15, -0.1) is 0 Å². The van der Waals surface area contributed by atoms with Crippen molar-refractivity contribution in [2.45, 2.75) is 62.6 Å². The molecule has 0 bridgehead atoms. The van der Waals surface area contributed by atoms with Crippen LogP contribution < -0.4 is 4.74 Å². The van der Waals surface area contributed by atoms with Gasteiger partial charge in [-0.25, -0.2) is 8.42 Å². The third kappa shape index (κ3) is 8.09. The van der Waals surface area contributed by atoms with Gasteiger partial charge in [-0.3, -0.25) is 4.79 Å². The fourth-order valence-electron chi connectivity index (χ4n) is 5.64. The zero-order valence-electron chi connectivity index (χ0n) is 24.8. The Morgan fingerprint density at radius 3 is 2.38 bits per heavy atom. The molecular formula is C31H43NO9S. The highest BCUT2D eigenvalue weighted by atomic mass is 32.2. The van der Waals surface area contributed by atoms with Crippen LogP contribution >= 0.6 is 0 Å². The average molecular weight is 606 g/mol. The number of sulfonamides is 1. The lowest BCUT2D eigenvalue weighted by Crippen LogP contribution is -2.45. The minimum Gasteiger partial charge on any atom is -0.497 e. The molecule has 2 aromatic rings. The van der Waals surface area contributed by atoms with Crippen molar-refractivity contribution < 1.29 is 42.0 Å². The zero-order valence-corrected chi connectivity index (χ0v) is 25.6. The molecule has 0 radical (unpaired) electrons. The van der Waals surface area contributed by atoms with Crippen molar-refractivity contribution in [3.8, 4) is 5.75 Å². The Labute approximate surface area is 248 Å². The van der Waals surface area contributed by atoms with E-state index in [-0.39, 0.29) is 42.3 Å². The van der Waals surface area contributed by atoms with Crippen molar-refractivity contribution in [2.24, 2.45) is 17.8 Å². The fraction of sp³-hybridized carbons (Fsp3) is 0.581. The summed E-state index contributed by atoms with van der Waals surface area (Å²) in [5.74, 6) is -0.735. The van der Waals surface area contributed by atoms with Crippen LogP contribution in [0.2, 0.25) is 0 Å². The predicted molar refractivity (Wildman–Crippen MR) is 155 cm³/mol. The Bertz CT molecular complexity index is 1230. The maximum Gasteiger partial charge on any atom is 0.306 e. The summed E-state index contributed by atoms with van der Waals surface area (Å²) in [5, 5.41) is 11.5. The summed E-state index contributed by atoms with van der Waals surface area (Å²) in [6.45, 7) is 4.64. The Morgan fingerprint density at radius 2 is 1.74 bits per heavy atom. The number of carbonyl (C=O) groups excluding carboxylic acids is 1. The quantitative estimate of drug-likeness (QED) is 0.324. The van der Waals surface area contributed by atoms with Crippen molar-refractivity contribution in [3.05, 3.63) is 60.2 Å². The molecule has 10 nitrogen and oxygen atoms in total. The van der Waals surface area contributed by atoms with Crippen LogP contribution in [0.4, 0.5) is 0 Å². The lowest BCUT2D eigenvalue weighted by atomic mass is 9.90. The molecule has 0 aromatic heterocycles. The van der Waals surface area contributed by atoms with Gasteiger partial charge < -0.3 is 28.8 Å². The number of benzene rings is 2. The van der Waals surface area contributed by atoms with E-state index in [0.29, 0.717) is 31.8 Å². The number of aliphatic hydroxyl groups excluding tert-OH is 1. The van der Waals surface area contributed by atoms with Gasteiger partial charge in [0.15, 0.2) is 6.29 Å². The van der Waals surface area contributed by atoms with E-state index in [1.165, 1.54) is 23.5 Å². The average Bonchev–Trinajstić information content (AvgIpc) is 3.41. The number of aliphatic hydroxyl groups is 1. The van der Waals surface area contributed by atoms with Crippen molar-refractivity contribution in [2.75, 3.05) is 40.5 Å². The molecule has 0 unspecified atom stereocenters. The second-order valence-corrected chi connectivity index (χ2v) is 13.3. The van der Waals surface area contributed by atoms with Crippen LogP contribution in [0.3, 0.4) is 0 Å². The molecular weight excluding hydrogens is 562 g/mol. The third-order valence-corrected chi connectivity index (χ3v) is 9.68. The summed E-state index contributed by atoms with van der Waals surface area (Å²) in [6, 6.07) is 15.7. The molecule has 6 atom stereocenters. The van der Waals surface area contributed by atoms with E-state index in [1.54, 1.807) is 19.2 Å². The van der Waals surface area contributed by atoms with Crippen molar-refractivity contribution in [1.29, 1.82) is 0 Å². The Balaban J connectivity index is 1.52. The first-order valence-corrected chi connectivity index (χ1v) is 15.9. The molecule has 0 spiro atoms. The zero-order chi connectivity index (χ0) is 30.3. The van der Waals surface area contributed by atoms with Gasteiger partial charge in [0.2, 0.25) is 10.0 Å². The standard InChI is InChI=1S/C31H43NO9S/c1-21(2)18-32(42(35,36)25-12-10-24(37-3)11-13-25)19-26(33)23(16-22-8-6-5-7-9-22)17-29(34)41-27-14-15-39-31-30(27)28(38-4)20-40-31/h5-13,21,23,26-28,30-31,33H,14-20H2,1-4H3/t23-,26-,27+,28-,30-,31+/m1/s1. The van der Waals surface area contributed by atoms with Crippen LogP contribution in [0.25, 0.3) is 0 Å². The summed E-state index contributed by atoms with van der Waals surface area (Å²) in [4.78, 5) is 13.4. The number of esters is 1. The molecule has 42 heavy (non-hydrogen) atoms. The van der Waals surface area contributed by atoms with Gasteiger partial charge in [0.05, 0.1) is 49.8 Å². The van der Waals surface area contributed by atoms with E-state index in [0.717, 1.165) is 5.56 Å². The molecule has 1 N–H and O–H groups in total. The summed E-state index contributed by atoms with van der Waals surface area (Å²) in [7, 11) is -0.822. The smallest absolute Gasteiger partial charge is 0.306 e. The van der Waals surface area contributed by atoms with E-state index in [9.17, 15) is 18.3 Å². The van der Waals surface area contributed by atoms with Gasteiger partial charge >= 0.3 is 5.97 Å². The van der Waals surface area contributed by atoms with Crippen LogP contribution in [0.1, 0.15) is 32.3 Å². The monoisotopic (exact) mass is 605 g/mol. The highest BCUT2D eigenvalue weighted by molar-refractivity contribution is 7.89. The van der Waals surface area contributed by atoms with Crippen LogP contribution in [-0.2, 0) is 40.2 Å². The van der Waals surface area contributed by atoms with E-state index in [4.69, 9.17) is 23.7 Å². The fourth-order valence-corrected chi connectivity index (χ4v) is 7.26. The maximum absolute atomic E-state index is 13.7. The minimum absolute atomic E-state index is 0.00610. The number of rotatable bonds is 14. The number of carbonyl (C=O) groups is 1. The van der Waals surface area contributed by atoms with Gasteiger partial charge in [-0.05, 0) is 42.2 Å². The molecule has 0 saturated carbocycles. The van der Waals surface area contributed by atoms with E-state index in [1.807, 2.05) is 44.2 Å². The van der Waals surface area contributed by atoms with Crippen molar-refractivity contribution in [3.63, 3.8) is 0 Å². The van der Waals surface area contributed by atoms with Crippen LogP contribution in [-0.4, -0.2) is 88.9 Å². The van der Waals surface area contributed by atoms with Crippen molar-refractivity contribution in [1.82, 2.24) is 4.31 Å². The van der Waals surface area contributed by atoms with Crippen LogP contribution in [0.5, 0.6) is 5.75 Å². The number of nitrogens with zero attached hydrogens (tertiary/aromatic N) is 1. The normalized spacial score (nSPS) is 23.9. The predicted octanol–water partition coefficient (Wildman–Crippen LogP) is 3.27. The molecule has 11 heteroatoms. The summed E-state index contributed by atoms with van der Waals surface area (Å²) >= 11 is 0. The first-order chi connectivity index (χ1) is 20.1. The highest BCUT2D eigenvalue weighted by Gasteiger charge is 2.47. The van der Waals surface area contributed by atoms with Gasteiger partial charge in [0.25, 0.3) is 0 Å². The second-order valence-electron chi connectivity index (χ2n) is 11.4. The largest absolute Gasteiger partial charge is 0.497 e. The van der Waals surface area contributed by atoms with E-state index in [2.05, 4.69) is 0 Å². The lowest BCUT2D eigenvalue weighted by Gasteiger charge is -2.35. The van der Waals surface area contributed by atoms with Crippen LogP contribution in [0, 0.1) is 17.8 Å². The maximum atomic E-state index is 13.7. The van der Waals surface area contributed by atoms with Gasteiger partial charge in [0.1, 0.15) is 11.9 Å². The Morgan fingerprint density at radius 1 is 1.02 bits per heavy atom. The van der Waals surface area contributed by atoms with Gasteiger partial charge in [-0.1, -0.05) is 44.2 Å². The molecule has 2 fully saturated rings. The molecule has 0 aliphatic carbocycles. The molecule has 2 heterocycles. The second kappa shape index (κ2) is 14.8. The van der Waals surface area contributed by atoms with Crippen LogP contribution in [0.15, 0.2) is 59.5 Å². The van der Waals surface area contributed by atoms with E-state index >= 15 is 0 Å². The van der Waals surface area contributed by atoms with Gasteiger partial charge in [0, 0.05) is 32.5 Å². The Hall–Kier alpha value is -2.54. The number of hydrogen-bond donors (Lipinski definition) is 1. The highest BCUT2D eigenvalue weighted by Crippen LogP contribution is 2.35. The van der Waals surface area contributed by atoms with Crippen molar-refractivity contribution >= 4 is 16.0 Å². The first kappa shape index (κ1) is 32.4. The molecule has 232 valence electrons. The Kier molecular flexibility index (Phi) is 11.4. The lowest BCUT2D eigenvalue weighted by molar-refractivity contribution is -0.200.